The first-order valence-corrected chi connectivity index (χ1v) is 5.76. The van der Waals surface area contributed by atoms with Crippen LogP contribution in [0.5, 0.6) is 0 Å². The first-order valence-electron chi connectivity index (χ1n) is 5.76. The number of halogens is 2. The molecular formula is C11H24Cl2N2O2. The van der Waals surface area contributed by atoms with Crippen molar-refractivity contribution in [2.45, 2.75) is 45.3 Å². The summed E-state index contributed by atoms with van der Waals surface area (Å²) in [5.74, 6) is 0.191. The molecule has 0 aromatic carbocycles. The van der Waals surface area contributed by atoms with E-state index >= 15 is 0 Å². The largest absolute Gasteiger partial charge is 0.461 e. The van der Waals surface area contributed by atoms with Crippen molar-refractivity contribution >= 4 is 30.8 Å². The fourth-order valence-corrected chi connectivity index (χ4v) is 1.77. The third-order valence-corrected chi connectivity index (χ3v) is 2.60. The van der Waals surface area contributed by atoms with Crippen molar-refractivity contribution in [3.8, 4) is 0 Å². The van der Waals surface area contributed by atoms with Gasteiger partial charge < -0.3 is 15.8 Å². The van der Waals surface area contributed by atoms with E-state index in [2.05, 4.69) is 19.2 Å². The Kier molecular flexibility index (Phi) is 11.3. The Morgan fingerprint density at radius 3 is 2.35 bits per heavy atom. The summed E-state index contributed by atoms with van der Waals surface area (Å²) in [6, 6.07) is -0.458. The normalized spacial score (nSPS) is 17.9. The standard InChI is InChI=1S/C11H22N2O2.2ClH/c1-8(2)7-10(12)11(14)15-9-3-5-13-6-4-9;;/h8-10,13H,3-7,12H2,1-2H3;2*1H/t10-;;/m0../s1. The molecule has 3 N–H and O–H groups in total. The van der Waals surface area contributed by atoms with Gasteiger partial charge in [-0.15, -0.1) is 24.8 Å². The predicted octanol–water partition coefficient (Wildman–Crippen LogP) is 1.50. The lowest BCUT2D eigenvalue weighted by Gasteiger charge is -2.24. The number of rotatable bonds is 4. The summed E-state index contributed by atoms with van der Waals surface area (Å²) >= 11 is 0. The Bertz CT molecular complexity index is 210. The maximum atomic E-state index is 11.6. The van der Waals surface area contributed by atoms with E-state index in [1.54, 1.807) is 0 Å². The van der Waals surface area contributed by atoms with E-state index in [4.69, 9.17) is 10.5 Å². The van der Waals surface area contributed by atoms with Gasteiger partial charge in [-0.3, -0.25) is 4.79 Å². The first kappa shape index (κ1) is 19.3. The molecule has 0 spiro atoms. The lowest BCUT2D eigenvalue weighted by molar-refractivity contribution is -0.152. The van der Waals surface area contributed by atoms with Gasteiger partial charge in [0.25, 0.3) is 0 Å². The van der Waals surface area contributed by atoms with E-state index < -0.39 is 6.04 Å². The highest BCUT2D eigenvalue weighted by atomic mass is 35.5. The van der Waals surface area contributed by atoms with Gasteiger partial charge in [-0.25, -0.2) is 0 Å². The number of carbonyl (C=O) groups excluding carboxylic acids is 1. The topological polar surface area (TPSA) is 64.4 Å². The molecule has 1 heterocycles. The van der Waals surface area contributed by atoms with E-state index in [1.165, 1.54) is 0 Å². The average molecular weight is 287 g/mol. The monoisotopic (exact) mass is 286 g/mol. The van der Waals surface area contributed by atoms with Gasteiger partial charge >= 0.3 is 5.97 Å². The van der Waals surface area contributed by atoms with Gasteiger partial charge in [0.15, 0.2) is 0 Å². The molecule has 0 aliphatic carbocycles. The van der Waals surface area contributed by atoms with Crippen molar-refractivity contribution in [2.24, 2.45) is 11.7 Å². The molecule has 0 amide bonds. The smallest absolute Gasteiger partial charge is 0.323 e. The Hall–Kier alpha value is -0.0300. The van der Waals surface area contributed by atoms with Crippen LogP contribution in [0.4, 0.5) is 0 Å². The van der Waals surface area contributed by atoms with Gasteiger partial charge in [0, 0.05) is 0 Å². The Morgan fingerprint density at radius 1 is 1.35 bits per heavy atom. The zero-order chi connectivity index (χ0) is 11.3. The van der Waals surface area contributed by atoms with Gasteiger partial charge in [0.2, 0.25) is 0 Å². The third kappa shape index (κ3) is 7.82. The summed E-state index contributed by atoms with van der Waals surface area (Å²) in [6.07, 6.45) is 2.57. The van der Waals surface area contributed by atoms with E-state index in [0.29, 0.717) is 12.3 Å². The quantitative estimate of drug-likeness (QED) is 0.769. The van der Waals surface area contributed by atoms with Crippen molar-refractivity contribution in [1.82, 2.24) is 5.32 Å². The summed E-state index contributed by atoms with van der Waals surface area (Å²) < 4.78 is 5.35. The molecule has 0 aromatic heterocycles. The second kappa shape index (κ2) is 9.95. The van der Waals surface area contributed by atoms with Gasteiger partial charge in [0.1, 0.15) is 12.1 Å². The van der Waals surface area contributed by atoms with Crippen LogP contribution in [0.25, 0.3) is 0 Å². The minimum Gasteiger partial charge on any atom is -0.461 e. The predicted molar refractivity (Wildman–Crippen MR) is 73.9 cm³/mol. The average Bonchev–Trinajstić information content (AvgIpc) is 2.18. The Morgan fingerprint density at radius 2 is 1.88 bits per heavy atom. The number of ether oxygens (including phenoxy) is 1. The van der Waals surface area contributed by atoms with Crippen LogP contribution < -0.4 is 11.1 Å². The minimum absolute atomic E-state index is 0. The molecule has 1 aliphatic heterocycles. The molecule has 1 aliphatic rings. The number of nitrogens with two attached hydrogens (primary N) is 1. The Labute approximate surface area is 116 Å². The summed E-state index contributed by atoms with van der Waals surface area (Å²) in [6.45, 7) is 5.96. The van der Waals surface area contributed by atoms with Crippen molar-refractivity contribution in [2.75, 3.05) is 13.1 Å². The van der Waals surface area contributed by atoms with Crippen molar-refractivity contribution < 1.29 is 9.53 Å². The molecule has 1 saturated heterocycles. The first-order chi connectivity index (χ1) is 7.09. The van der Waals surface area contributed by atoms with Crippen molar-refractivity contribution in [3.63, 3.8) is 0 Å². The van der Waals surface area contributed by atoms with Crippen LogP contribution in [0.15, 0.2) is 0 Å². The van der Waals surface area contributed by atoms with Crippen LogP contribution in [-0.4, -0.2) is 31.2 Å². The molecule has 1 fully saturated rings. The number of hydrogen-bond donors (Lipinski definition) is 2. The van der Waals surface area contributed by atoms with Crippen LogP contribution >= 0.6 is 24.8 Å². The maximum absolute atomic E-state index is 11.6. The molecule has 0 saturated carbocycles. The van der Waals surface area contributed by atoms with Crippen LogP contribution in [0.1, 0.15) is 33.1 Å². The van der Waals surface area contributed by atoms with Gasteiger partial charge in [-0.2, -0.15) is 0 Å². The molecule has 1 atom stereocenters. The summed E-state index contributed by atoms with van der Waals surface area (Å²) in [5, 5.41) is 3.23. The van der Waals surface area contributed by atoms with E-state index in [1.807, 2.05) is 0 Å². The third-order valence-electron chi connectivity index (χ3n) is 2.60. The molecule has 4 nitrogen and oxygen atoms in total. The lowest BCUT2D eigenvalue weighted by Crippen LogP contribution is -2.39. The van der Waals surface area contributed by atoms with Crippen molar-refractivity contribution in [1.29, 1.82) is 0 Å². The summed E-state index contributed by atoms with van der Waals surface area (Å²) in [4.78, 5) is 11.6. The fraction of sp³-hybridized carbons (Fsp3) is 0.909. The van der Waals surface area contributed by atoms with Gasteiger partial charge in [-0.05, 0) is 38.3 Å². The molecular weight excluding hydrogens is 263 g/mol. The minimum atomic E-state index is -0.458. The second-order valence-electron chi connectivity index (χ2n) is 4.62. The van der Waals surface area contributed by atoms with Gasteiger partial charge in [-0.1, -0.05) is 13.8 Å². The number of nitrogens with one attached hydrogen (secondary N) is 1. The molecule has 6 heteroatoms. The highest BCUT2D eigenvalue weighted by Gasteiger charge is 2.22. The van der Waals surface area contributed by atoms with Crippen LogP contribution in [0.2, 0.25) is 0 Å². The number of carbonyl (C=O) groups is 1. The van der Waals surface area contributed by atoms with Crippen LogP contribution in [0.3, 0.4) is 0 Å². The molecule has 0 unspecified atom stereocenters. The zero-order valence-electron chi connectivity index (χ0n) is 10.5. The highest BCUT2D eigenvalue weighted by Crippen LogP contribution is 2.10. The van der Waals surface area contributed by atoms with Crippen LogP contribution in [-0.2, 0) is 9.53 Å². The number of esters is 1. The van der Waals surface area contributed by atoms with Gasteiger partial charge in [0.05, 0.1) is 0 Å². The van der Waals surface area contributed by atoms with Crippen LogP contribution in [0, 0.1) is 5.92 Å². The zero-order valence-corrected chi connectivity index (χ0v) is 12.1. The molecule has 0 radical (unpaired) electrons. The molecule has 104 valence electrons. The molecule has 0 bridgehead atoms. The van der Waals surface area contributed by atoms with E-state index in [9.17, 15) is 4.79 Å². The highest BCUT2D eigenvalue weighted by molar-refractivity contribution is 5.85. The second-order valence-corrected chi connectivity index (χ2v) is 4.62. The summed E-state index contributed by atoms with van der Waals surface area (Å²) in [5.41, 5.74) is 5.75. The molecule has 17 heavy (non-hydrogen) atoms. The maximum Gasteiger partial charge on any atom is 0.323 e. The number of piperidine rings is 1. The SMILES string of the molecule is CC(C)C[C@H](N)C(=O)OC1CCNCC1.Cl.Cl. The van der Waals surface area contributed by atoms with Crippen molar-refractivity contribution in [3.05, 3.63) is 0 Å². The summed E-state index contributed by atoms with van der Waals surface area (Å²) in [7, 11) is 0. The van der Waals surface area contributed by atoms with E-state index in [-0.39, 0.29) is 36.9 Å². The lowest BCUT2D eigenvalue weighted by atomic mass is 10.0. The Balaban J connectivity index is 0. The number of hydrogen-bond acceptors (Lipinski definition) is 4. The molecule has 0 aromatic rings. The fourth-order valence-electron chi connectivity index (χ4n) is 1.77. The molecule has 1 rings (SSSR count). The van der Waals surface area contributed by atoms with E-state index in [0.717, 1.165) is 25.9 Å².